The maximum Gasteiger partial charge on any atom is 0.314 e. The van der Waals surface area contributed by atoms with E-state index in [1.54, 1.807) is 16.9 Å². The Labute approximate surface area is 118 Å². The molecule has 1 aromatic rings. The van der Waals surface area contributed by atoms with E-state index in [2.05, 4.69) is 22.7 Å². The molecule has 1 aromatic heterocycles. The molecule has 1 atom stereocenters. The van der Waals surface area contributed by atoms with E-state index < -0.39 is 11.8 Å². The fraction of sp³-hybridized carbons (Fsp3) is 0.643. The molecule has 6 nitrogen and oxygen atoms in total. The summed E-state index contributed by atoms with van der Waals surface area (Å²) in [4.78, 5) is 23.5. The van der Waals surface area contributed by atoms with Crippen molar-refractivity contribution in [1.82, 2.24) is 15.1 Å². The summed E-state index contributed by atoms with van der Waals surface area (Å²) in [6, 6.07) is 1.96. The molecule has 1 aliphatic rings. The Balaban J connectivity index is 1.94. The fourth-order valence-corrected chi connectivity index (χ4v) is 2.07. The van der Waals surface area contributed by atoms with E-state index in [1.165, 1.54) is 12.8 Å². The number of carbonyl (C=O) groups excluding carboxylic acids is 2. The van der Waals surface area contributed by atoms with Crippen LogP contribution >= 0.6 is 0 Å². The van der Waals surface area contributed by atoms with Gasteiger partial charge in [0.15, 0.2) is 0 Å². The highest BCUT2D eigenvalue weighted by Gasteiger charge is 2.31. The minimum Gasteiger partial charge on any atom is -0.348 e. The zero-order chi connectivity index (χ0) is 14.7. The predicted octanol–water partition coefficient (Wildman–Crippen LogP) is 1.56. The molecular formula is C14H22N4O2. The van der Waals surface area contributed by atoms with Gasteiger partial charge in [0.2, 0.25) is 0 Å². The highest BCUT2D eigenvalue weighted by molar-refractivity contribution is 6.39. The average Bonchev–Trinajstić information content (AvgIpc) is 3.15. The van der Waals surface area contributed by atoms with Crippen LogP contribution in [0.3, 0.4) is 0 Å². The van der Waals surface area contributed by atoms with Crippen molar-refractivity contribution in [2.75, 3.05) is 11.9 Å². The number of anilines is 1. The van der Waals surface area contributed by atoms with Gasteiger partial charge in [-0.25, -0.2) is 4.68 Å². The van der Waals surface area contributed by atoms with Crippen molar-refractivity contribution in [1.29, 1.82) is 0 Å². The second-order valence-electron chi connectivity index (χ2n) is 5.80. The molecule has 0 aromatic carbocycles. The third-order valence-corrected chi connectivity index (χ3v) is 3.48. The number of aromatic nitrogens is 2. The Morgan fingerprint density at radius 2 is 2.05 bits per heavy atom. The maximum absolute atomic E-state index is 11.8. The molecule has 0 unspecified atom stereocenters. The molecule has 6 heteroatoms. The van der Waals surface area contributed by atoms with Crippen LogP contribution in [0.2, 0.25) is 0 Å². The predicted molar refractivity (Wildman–Crippen MR) is 76.1 cm³/mol. The smallest absolute Gasteiger partial charge is 0.314 e. The number of carbonyl (C=O) groups is 2. The van der Waals surface area contributed by atoms with Crippen LogP contribution in [-0.2, 0) is 9.59 Å². The van der Waals surface area contributed by atoms with Gasteiger partial charge in [-0.3, -0.25) is 9.59 Å². The van der Waals surface area contributed by atoms with Crippen molar-refractivity contribution in [3.8, 4) is 0 Å². The van der Waals surface area contributed by atoms with E-state index in [1.807, 2.05) is 13.8 Å². The molecule has 0 aliphatic heterocycles. The largest absolute Gasteiger partial charge is 0.348 e. The first-order valence-electron chi connectivity index (χ1n) is 7.11. The van der Waals surface area contributed by atoms with E-state index in [9.17, 15) is 9.59 Å². The van der Waals surface area contributed by atoms with E-state index >= 15 is 0 Å². The Bertz CT molecular complexity index is 491. The van der Waals surface area contributed by atoms with Gasteiger partial charge in [-0.15, -0.1) is 0 Å². The Morgan fingerprint density at radius 1 is 1.35 bits per heavy atom. The lowest BCUT2D eigenvalue weighted by Crippen LogP contribution is -2.37. The first kappa shape index (κ1) is 14.6. The highest BCUT2D eigenvalue weighted by Crippen LogP contribution is 2.40. The maximum atomic E-state index is 11.8. The first-order valence-corrected chi connectivity index (χ1v) is 7.11. The summed E-state index contributed by atoms with van der Waals surface area (Å²) < 4.78 is 1.78. The number of nitrogens with zero attached hydrogens (tertiary/aromatic N) is 2. The van der Waals surface area contributed by atoms with Crippen molar-refractivity contribution in [2.45, 2.75) is 39.7 Å². The minimum absolute atomic E-state index is 0.249. The van der Waals surface area contributed by atoms with Gasteiger partial charge in [0.05, 0.1) is 12.2 Å². The number of nitrogens with one attached hydrogen (secondary N) is 2. The minimum atomic E-state index is -0.643. The summed E-state index contributed by atoms with van der Waals surface area (Å²) >= 11 is 0. The number of hydrogen-bond acceptors (Lipinski definition) is 3. The fourth-order valence-electron chi connectivity index (χ4n) is 2.07. The van der Waals surface area contributed by atoms with E-state index in [4.69, 9.17) is 0 Å². The number of amides is 2. The van der Waals surface area contributed by atoms with Gasteiger partial charge in [0.25, 0.3) is 0 Å². The highest BCUT2D eigenvalue weighted by atomic mass is 16.2. The second-order valence-corrected chi connectivity index (χ2v) is 5.80. The van der Waals surface area contributed by atoms with Crippen molar-refractivity contribution < 1.29 is 9.59 Å². The molecule has 110 valence electrons. The van der Waals surface area contributed by atoms with Crippen LogP contribution in [0.1, 0.15) is 39.7 Å². The first-order chi connectivity index (χ1) is 9.49. The lowest BCUT2D eigenvalue weighted by molar-refractivity contribution is -0.136. The summed E-state index contributed by atoms with van der Waals surface area (Å²) in [7, 11) is 0. The van der Waals surface area contributed by atoms with E-state index in [0.717, 1.165) is 0 Å². The zero-order valence-electron chi connectivity index (χ0n) is 12.2. The number of rotatable bonds is 5. The van der Waals surface area contributed by atoms with Crippen molar-refractivity contribution in [2.24, 2.45) is 11.8 Å². The molecule has 0 saturated heterocycles. The van der Waals surface area contributed by atoms with Crippen LogP contribution in [-0.4, -0.2) is 28.1 Å². The van der Waals surface area contributed by atoms with Crippen LogP contribution in [0.15, 0.2) is 12.3 Å². The molecule has 1 fully saturated rings. The molecule has 2 rings (SSSR count). The van der Waals surface area contributed by atoms with Crippen molar-refractivity contribution >= 4 is 17.6 Å². The molecule has 1 saturated carbocycles. The normalized spacial score (nSPS) is 16.0. The van der Waals surface area contributed by atoms with E-state index in [0.29, 0.717) is 24.2 Å². The zero-order valence-corrected chi connectivity index (χ0v) is 12.2. The summed E-state index contributed by atoms with van der Waals surface area (Å²) in [5.41, 5.74) is 0. The third-order valence-electron chi connectivity index (χ3n) is 3.48. The van der Waals surface area contributed by atoms with E-state index in [-0.39, 0.29) is 6.04 Å². The molecule has 1 heterocycles. The standard InChI is InChI=1S/C14H22N4O2/c1-9(2)8-15-13(19)14(20)17-12-6-7-16-18(12)10(3)11-4-5-11/h6-7,9-11H,4-5,8H2,1-3H3,(H,15,19)(H,17,20)/t10-/m1/s1. The molecule has 0 spiro atoms. The average molecular weight is 278 g/mol. The second kappa shape index (κ2) is 6.07. The van der Waals surface area contributed by atoms with Gasteiger partial charge < -0.3 is 10.6 Å². The Morgan fingerprint density at radius 3 is 2.65 bits per heavy atom. The number of hydrogen-bond donors (Lipinski definition) is 2. The van der Waals surface area contributed by atoms with Gasteiger partial charge in [-0.1, -0.05) is 13.8 Å². The lowest BCUT2D eigenvalue weighted by Gasteiger charge is -2.15. The molecule has 0 bridgehead atoms. The van der Waals surface area contributed by atoms with Crippen LogP contribution in [0.25, 0.3) is 0 Å². The summed E-state index contributed by atoms with van der Waals surface area (Å²) in [5, 5.41) is 9.46. The van der Waals surface area contributed by atoms with Crippen LogP contribution in [0, 0.1) is 11.8 Å². The molecular weight excluding hydrogens is 256 g/mol. The lowest BCUT2D eigenvalue weighted by atomic mass is 10.2. The van der Waals surface area contributed by atoms with Crippen LogP contribution < -0.4 is 10.6 Å². The van der Waals surface area contributed by atoms with Crippen LogP contribution in [0.5, 0.6) is 0 Å². The topological polar surface area (TPSA) is 76.0 Å². The SMILES string of the molecule is CC(C)CNC(=O)C(=O)Nc1ccnn1[C@H](C)C1CC1. The monoisotopic (exact) mass is 278 g/mol. The Hall–Kier alpha value is -1.85. The van der Waals surface area contributed by atoms with Gasteiger partial charge in [-0.2, -0.15) is 5.10 Å². The van der Waals surface area contributed by atoms with Gasteiger partial charge >= 0.3 is 11.8 Å². The van der Waals surface area contributed by atoms with Crippen molar-refractivity contribution in [3.05, 3.63) is 12.3 Å². The molecule has 20 heavy (non-hydrogen) atoms. The van der Waals surface area contributed by atoms with Gasteiger partial charge in [0, 0.05) is 12.6 Å². The quantitative estimate of drug-likeness (QED) is 0.803. The Kier molecular flexibility index (Phi) is 4.42. The van der Waals surface area contributed by atoms with Crippen LogP contribution in [0.4, 0.5) is 5.82 Å². The molecule has 1 aliphatic carbocycles. The third kappa shape index (κ3) is 3.59. The molecule has 2 amide bonds. The summed E-state index contributed by atoms with van der Waals surface area (Å²) in [6.07, 6.45) is 4.03. The van der Waals surface area contributed by atoms with Gasteiger partial charge in [-0.05, 0) is 31.6 Å². The summed E-state index contributed by atoms with van der Waals surface area (Å²) in [5.74, 6) is 0.266. The molecule has 2 N–H and O–H groups in total. The summed E-state index contributed by atoms with van der Waals surface area (Å²) in [6.45, 7) is 6.53. The molecule has 0 radical (unpaired) electrons. The van der Waals surface area contributed by atoms with Gasteiger partial charge in [0.1, 0.15) is 5.82 Å². The van der Waals surface area contributed by atoms with Crippen molar-refractivity contribution in [3.63, 3.8) is 0 Å².